The minimum absolute atomic E-state index is 0.210. The van der Waals surface area contributed by atoms with E-state index in [1.807, 2.05) is 0 Å². The Labute approximate surface area is 151 Å². The molecule has 1 aliphatic carbocycles. The van der Waals surface area contributed by atoms with E-state index in [1.165, 1.54) is 36.5 Å². The lowest BCUT2D eigenvalue weighted by molar-refractivity contribution is -0.137. The van der Waals surface area contributed by atoms with Crippen LogP contribution in [-0.2, 0) is 6.18 Å². The maximum Gasteiger partial charge on any atom is 0.416 e. The van der Waals surface area contributed by atoms with Crippen molar-refractivity contribution < 1.29 is 17.9 Å². The highest BCUT2D eigenvalue weighted by atomic mass is 32.2. The molecule has 1 saturated carbocycles. The summed E-state index contributed by atoms with van der Waals surface area (Å²) in [5.41, 5.74) is -0.233. The lowest BCUT2D eigenvalue weighted by Crippen LogP contribution is -2.56. The number of benzene rings is 1. The van der Waals surface area contributed by atoms with Gasteiger partial charge in [0.2, 0.25) is 0 Å². The first-order valence-electron chi connectivity index (χ1n) is 9.05. The maximum absolute atomic E-state index is 12.7. The molecule has 0 amide bonds. The second-order valence-corrected chi connectivity index (χ2v) is 8.92. The summed E-state index contributed by atoms with van der Waals surface area (Å²) in [6.07, 6.45) is 1.37. The summed E-state index contributed by atoms with van der Waals surface area (Å²) in [5.74, 6) is 3.18. The fourth-order valence-corrected chi connectivity index (χ4v) is 5.46. The number of halogens is 3. The van der Waals surface area contributed by atoms with Gasteiger partial charge < -0.3 is 4.74 Å². The Kier molecular flexibility index (Phi) is 4.47. The molecule has 2 aliphatic heterocycles. The van der Waals surface area contributed by atoms with Crippen molar-refractivity contribution in [3.8, 4) is 5.75 Å². The molecule has 0 aromatic heterocycles. The van der Waals surface area contributed by atoms with E-state index in [0.717, 1.165) is 51.0 Å². The Morgan fingerprint density at radius 2 is 1.64 bits per heavy atom. The van der Waals surface area contributed by atoms with Crippen LogP contribution in [0, 0.1) is 5.41 Å². The van der Waals surface area contributed by atoms with Crippen molar-refractivity contribution in [2.45, 2.75) is 43.9 Å². The molecule has 0 atom stereocenters. The summed E-state index contributed by atoms with van der Waals surface area (Å²) in [6, 6.07) is 5.14. The Morgan fingerprint density at radius 3 is 2.08 bits per heavy atom. The zero-order valence-electron chi connectivity index (χ0n) is 14.3. The molecule has 0 unspecified atom stereocenters. The second-order valence-electron chi connectivity index (χ2n) is 7.93. The van der Waals surface area contributed by atoms with Crippen LogP contribution in [0.2, 0.25) is 0 Å². The lowest BCUT2D eigenvalue weighted by Gasteiger charge is -2.50. The van der Waals surface area contributed by atoms with E-state index in [9.17, 15) is 13.2 Å². The molecule has 0 bridgehead atoms. The molecular weight excluding hydrogens is 347 g/mol. The second kappa shape index (κ2) is 6.38. The molecular formula is C19H24F3NOS. The van der Waals surface area contributed by atoms with E-state index in [1.54, 1.807) is 0 Å². The molecule has 2 heterocycles. The lowest BCUT2D eigenvalue weighted by atomic mass is 9.77. The standard InChI is InChI=1S/C19H24F3NOS/c20-19(21,22)15-2-4-16(5-3-15)24-18(6-1-7-18)12-23-10-8-17(9-11-23)13-25-14-17/h2-5H,1,6-14H2. The third-order valence-corrected chi connectivity index (χ3v) is 7.66. The summed E-state index contributed by atoms with van der Waals surface area (Å²) in [7, 11) is 0. The van der Waals surface area contributed by atoms with Gasteiger partial charge in [-0.1, -0.05) is 0 Å². The van der Waals surface area contributed by atoms with Crippen molar-refractivity contribution in [2.75, 3.05) is 31.1 Å². The number of rotatable bonds is 4. The van der Waals surface area contributed by atoms with Gasteiger partial charge in [0, 0.05) is 6.54 Å². The summed E-state index contributed by atoms with van der Waals surface area (Å²) >= 11 is 2.05. The zero-order valence-corrected chi connectivity index (χ0v) is 15.1. The monoisotopic (exact) mass is 371 g/mol. The highest BCUT2D eigenvalue weighted by Gasteiger charge is 2.45. The van der Waals surface area contributed by atoms with E-state index < -0.39 is 11.7 Å². The van der Waals surface area contributed by atoms with Crippen molar-refractivity contribution in [1.29, 1.82) is 0 Å². The van der Waals surface area contributed by atoms with Crippen molar-refractivity contribution in [3.05, 3.63) is 29.8 Å². The predicted molar refractivity (Wildman–Crippen MR) is 94.1 cm³/mol. The molecule has 1 aromatic rings. The van der Waals surface area contributed by atoms with Gasteiger partial charge in [0.05, 0.1) is 5.56 Å². The first-order valence-corrected chi connectivity index (χ1v) is 10.2. The van der Waals surface area contributed by atoms with Gasteiger partial charge in [0.25, 0.3) is 0 Å². The van der Waals surface area contributed by atoms with E-state index in [-0.39, 0.29) is 5.60 Å². The minimum Gasteiger partial charge on any atom is -0.486 e. The van der Waals surface area contributed by atoms with Crippen LogP contribution in [0.25, 0.3) is 0 Å². The number of piperidine rings is 1. The SMILES string of the molecule is FC(F)(F)c1ccc(OC2(CN3CCC4(CC3)CSC4)CCC2)cc1. The first-order chi connectivity index (χ1) is 11.9. The molecule has 1 spiro atoms. The van der Waals surface area contributed by atoms with Gasteiger partial charge in [0.1, 0.15) is 11.4 Å². The highest BCUT2D eigenvalue weighted by molar-refractivity contribution is 8.00. The summed E-state index contributed by atoms with van der Waals surface area (Å²) in [5, 5.41) is 0. The predicted octanol–water partition coefficient (Wildman–Crippen LogP) is 4.84. The van der Waals surface area contributed by atoms with E-state index in [0.29, 0.717) is 11.2 Å². The van der Waals surface area contributed by atoms with Crippen LogP contribution in [0.3, 0.4) is 0 Å². The van der Waals surface area contributed by atoms with E-state index in [4.69, 9.17) is 4.74 Å². The fraction of sp³-hybridized carbons (Fsp3) is 0.684. The van der Waals surface area contributed by atoms with Gasteiger partial charge >= 0.3 is 6.18 Å². The van der Waals surface area contributed by atoms with Crippen molar-refractivity contribution in [3.63, 3.8) is 0 Å². The van der Waals surface area contributed by atoms with Crippen LogP contribution in [0.5, 0.6) is 5.75 Å². The molecule has 0 radical (unpaired) electrons. The number of alkyl halides is 3. The minimum atomic E-state index is -4.30. The molecule has 2 nitrogen and oxygen atoms in total. The third-order valence-electron chi connectivity index (χ3n) is 6.03. The molecule has 4 rings (SSSR count). The molecule has 2 saturated heterocycles. The van der Waals surface area contributed by atoms with Crippen molar-refractivity contribution >= 4 is 11.8 Å². The normalized spacial score (nSPS) is 25.2. The molecule has 3 fully saturated rings. The maximum atomic E-state index is 12.7. The van der Waals surface area contributed by atoms with Crippen molar-refractivity contribution in [2.24, 2.45) is 5.41 Å². The van der Waals surface area contributed by atoms with Gasteiger partial charge in [-0.15, -0.1) is 0 Å². The number of hydrogen-bond donors (Lipinski definition) is 0. The van der Waals surface area contributed by atoms with Crippen LogP contribution >= 0.6 is 11.8 Å². The Morgan fingerprint density at radius 1 is 1.00 bits per heavy atom. The number of thioether (sulfide) groups is 1. The van der Waals surface area contributed by atoms with E-state index in [2.05, 4.69) is 16.7 Å². The molecule has 1 aromatic carbocycles. The van der Waals surface area contributed by atoms with Gasteiger partial charge in [-0.25, -0.2) is 0 Å². The van der Waals surface area contributed by atoms with Gasteiger partial charge in [-0.2, -0.15) is 24.9 Å². The largest absolute Gasteiger partial charge is 0.486 e. The van der Waals surface area contributed by atoms with Crippen LogP contribution in [0.1, 0.15) is 37.7 Å². The van der Waals surface area contributed by atoms with E-state index >= 15 is 0 Å². The number of likely N-dealkylation sites (tertiary alicyclic amines) is 1. The summed E-state index contributed by atoms with van der Waals surface area (Å²) < 4.78 is 44.3. The highest BCUT2D eigenvalue weighted by Crippen LogP contribution is 2.47. The zero-order chi connectivity index (χ0) is 17.5. The van der Waals surface area contributed by atoms with Crippen LogP contribution in [-0.4, -0.2) is 41.6 Å². The molecule has 138 valence electrons. The van der Waals surface area contributed by atoms with Crippen LogP contribution in [0.4, 0.5) is 13.2 Å². The Balaban J connectivity index is 1.36. The molecule has 3 aliphatic rings. The molecule has 25 heavy (non-hydrogen) atoms. The summed E-state index contributed by atoms with van der Waals surface area (Å²) in [6.45, 7) is 3.15. The van der Waals surface area contributed by atoms with Crippen LogP contribution < -0.4 is 4.74 Å². The Hall–Kier alpha value is -0.880. The number of nitrogens with zero attached hydrogens (tertiary/aromatic N) is 1. The number of ether oxygens (including phenoxy) is 1. The average Bonchev–Trinajstić information content (AvgIpc) is 2.52. The van der Waals surface area contributed by atoms with Gasteiger partial charge in [0.15, 0.2) is 0 Å². The molecule has 0 N–H and O–H groups in total. The van der Waals surface area contributed by atoms with Gasteiger partial charge in [-0.3, -0.25) is 4.90 Å². The quantitative estimate of drug-likeness (QED) is 0.752. The molecule has 6 heteroatoms. The smallest absolute Gasteiger partial charge is 0.416 e. The van der Waals surface area contributed by atoms with Crippen molar-refractivity contribution in [1.82, 2.24) is 4.90 Å². The Bertz CT molecular complexity index is 598. The first kappa shape index (κ1) is 17.5. The topological polar surface area (TPSA) is 12.5 Å². The summed E-state index contributed by atoms with van der Waals surface area (Å²) in [4.78, 5) is 2.50. The fourth-order valence-electron chi connectivity index (χ4n) is 4.10. The average molecular weight is 371 g/mol. The number of hydrogen-bond acceptors (Lipinski definition) is 3. The van der Waals surface area contributed by atoms with Crippen LogP contribution in [0.15, 0.2) is 24.3 Å². The van der Waals surface area contributed by atoms with Gasteiger partial charge in [-0.05, 0) is 86.4 Å². The third kappa shape index (κ3) is 3.65.